The van der Waals surface area contributed by atoms with Crippen molar-refractivity contribution in [3.63, 3.8) is 0 Å². The van der Waals surface area contributed by atoms with Gasteiger partial charge in [-0.05, 0) is 37.7 Å². The lowest BCUT2D eigenvalue weighted by atomic mass is 10.1. The van der Waals surface area contributed by atoms with Crippen LogP contribution in [0.25, 0.3) is 0 Å². The summed E-state index contributed by atoms with van der Waals surface area (Å²) in [5.41, 5.74) is 1.66. The standard InChI is InChI=1S/C14H15NO2S/c1-4-13(16)11-5-7-12(8-6-11)18-14-15-9(2)10(3)17-14/h5-8H,4H2,1-3H3. The number of benzene rings is 1. The third kappa shape index (κ3) is 2.82. The van der Waals surface area contributed by atoms with E-state index >= 15 is 0 Å². The highest BCUT2D eigenvalue weighted by Crippen LogP contribution is 2.28. The molecule has 1 aromatic carbocycles. The van der Waals surface area contributed by atoms with Gasteiger partial charge < -0.3 is 4.42 Å². The van der Waals surface area contributed by atoms with E-state index in [4.69, 9.17) is 4.42 Å². The number of rotatable bonds is 4. The molecule has 3 nitrogen and oxygen atoms in total. The topological polar surface area (TPSA) is 43.1 Å². The van der Waals surface area contributed by atoms with E-state index in [0.717, 1.165) is 21.9 Å². The molecule has 18 heavy (non-hydrogen) atoms. The van der Waals surface area contributed by atoms with Crippen LogP contribution >= 0.6 is 11.8 Å². The first-order valence-electron chi connectivity index (χ1n) is 5.85. The molecule has 0 amide bonds. The summed E-state index contributed by atoms with van der Waals surface area (Å²) in [5.74, 6) is 1.00. The molecule has 0 fully saturated rings. The number of Topliss-reactive ketones (excluding diaryl/α,β-unsaturated/α-hetero) is 1. The Kier molecular flexibility index (Phi) is 3.87. The van der Waals surface area contributed by atoms with Crippen molar-refractivity contribution in [1.29, 1.82) is 0 Å². The smallest absolute Gasteiger partial charge is 0.260 e. The van der Waals surface area contributed by atoms with E-state index in [9.17, 15) is 4.79 Å². The number of aromatic nitrogens is 1. The van der Waals surface area contributed by atoms with Gasteiger partial charge in [0.25, 0.3) is 5.22 Å². The van der Waals surface area contributed by atoms with Crippen LogP contribution in [0.3, 0.4) is 0 Å². The van der Waals surface area contributed by atoms with Crippen LogP contribution in [0.5, 0.6) is 0 Å². The highest BCUT2D eigenvalue weighted by atomic mass is 32.2. The van der Waals surface area contributed by atoms with Crippen molar-refractivity contribution >= 4 is 17.5 Å². The number of hydrogen-bond donors (Lipinski definition) is 0. The molecule has 2 aromatic rings. The van der Waals surface area contributed by atoms with Gasteiger partial charge in [0.05, 0.1) is 5.69 Å². The maximum absolute atomic E-state index is 11.5. The summed E-state index contributed by atoms with van der Waals surface area (Å²) in [7, 11) is 0. The van der Waals surface area contributed by atoms with Gasteiger partial charge in [-0.25, -0.2) is 4.98 Å². The Balaban J connectivity index is 2.13. The minimum atomic E-state index is 0.161. The molecule has 0 radical (unpaired) electrons. The predicted molar refractivity (Wildman–Crippen MR) is 71.2 cm³/mol. The minimum Gasteiger partial charge on any atom is -0.436 e. The fourth-order valence-electron chi connectivity index (χ4n) is 1.50. The van der Waals surface area contributed by atoms with Crippen LogP contribution in [0.4, 0.5) is 0 Å². The first-order chi connectivity index (χ1) is 8.60. The second-order valence-corrected chi connectivity index (χ2v) is 5.05. The van der Waals surface area contributed by atoms with Crippen LogP contribution in [0.15, 0.2) is 38.8 Å². The van der Waals surface area contributed by atoms with Crippen LogP contribution in [-0.4, -0.2) is 10.8 Å². The molecule has 0 aliphatic heterocycles. The van der Waals surface area contributed by atoms with E-state index in [2.05, 4.69) is 4.98 Å². The van der Waals surface area contributed by atoms with E-state index in [1.54, 1.807) is 0 Å². The molecule has 0 atom stereocenters. The van der Waals surface area contributed by atoms with Gasteiger partial charge in [-0.1, -0.05) is 19.1 Å². The number of carbonyl (C=O) groups is 1. The van der Waals surface area contributed by atoms with Crippen LogP contribution in [0.2, 0.25) is 0 Å². The second kappa shape index (κ2) is 5.40. The van der Waals surface area contributed by atoms with Crippen molar-refractivity contribution in [1.82, 2.24) is 4.98 Å². The van der Waals surface area contributed by atoms with Crippen molar-refractivity contribution < 1.29 is 9.21 Å². The summed E-state index contributed by atoms with van der Waals surface area (Å²) in [6.45, 7) is 5.69. The molecule has 1 heterocycles. The summed E-state index contributed by atoms with van der Waals surface area (Å²) in [4.78, 5) is 16.8. The molecule has 0 N–H and O–H groups in total. The molecule has 4 heteroatoms. The van der Waals surface area contributed by atoms with Gasteiger partial charge in [0.2, 0.25) is 0 Å². The molecule has 0 unspecified atom stereocenters. The summed E-state index contributed by atoms with van der Waals surface area (Å²) in [6.07, 6.45) is 0.532. The molecule has 0 spiro atoms. The molecule has 94 valence electrons. The van der Waals surface area contributed by atoms with Crippen LogP contribution in [0, 0.1) is 13.8 Å². The molecule has 0 aliphatic carbocycles. The van der Waals surface area contributed by atoms with Crippen molar-refractivity contribution in [2.75, 3.05) is 0 Å². The van der Waals surface area contributed by atoms with Crippen LogP contribution in [-0.2, 0) is 0 Å². The van der Waals surface area contributed by atoms with Gasteiger partial charge in [0, 0.05) is 16.9 Å². The van der Waals surface area contributed by atoms with E-state index in [-0.39, 0.29) is 5.78 Å². The molecule has 0 saturated heterocycles. The van der Waals surface area contributed by atoms with Gasteiger partial charge in [-0.3, -0.25) is 4.79 Å². The maximum Gasteiger partial charge on any atom is 0.260 e. The van der Waals surface area contributed by atoms with E-state index in [1.165, 1.54) is 11.8 Å². The fourth-order valence-corrected chi connectivity index (χ4v) is 2.32. The number of nitrogens with zero attached hydrogens (tertiary/aromatic N) is 1. The Morgan fingerprint density at radius 3 is 2.44 bits per heavy atom. The normalized spacial score (nSPS) is 10.6. The Bertz CT molecular complexity index is 538. The Hall–Kier alpha value is -1.55. The van der Waals surface area contributed by atoms with E-state index < -0.39 is 0 Å². The molecule has 1 aromatic heterocycles. The Morgan fingerprint density at radius 1 is 1.28 bits per heavy atom. The second-order valence-electron chi connectivity index (χ2n) is 4.02. The van der Waals surface area contributed by atoms with Crippen LogP contribution in [0.1, 0.15) is 35.2 Å². The van der Waals surface area contributed by atoms with Gasteiger partial charge in [0.1, 0.15) is 5.76 Å². The zero-order valence-corrected chi connectivity index (χ0v) is 11.5. The Labute approximate surface area is 111 Å². The number of hydrogen-bond acceptors (Lipinski definition) is 4. The van der Waals surface area contributed by atoms with Gasteiger partial charge >= 0.3 is 0 Å². The van der Waals surface area contributed by atoms with Crippen molar-refractivity contribution in [2.24, 2.45) is 0 Å². The SMILES string of the molecule is CCC(=O)c1ccc(Sc2nc(C)c(C)o2)cc1. The van der Waals surface area contributed by atoms with Gasteiger partial charge in [-0.15, -0.1) is 0 Å². The minimum absolute atomic E-state index is 0.161. The third-order valence-corrected chi connectivity index (χ3v) is 3.57. The average molecular weight is 261 g/mol. The van der Waals surface area contributed by atoms with Gasteiger partial charge in [-0.2, -0.15) is 0 Å². The quantitative estimate of drug-likeness (QED) is 0.779. The molecule has 0 bridgehead atoms. The molecular weight excluding hydrogens is 246 g/mol. The number of ketones is 1. The highest BCUT2D eigenvalue weighted by molar-refractivity contribution is 7.99. The van der Waals surface area contributed by atoms with Crippen LogP contribution < -0.4 is 0 Å². The largest absolute Gasteiger partial charge is 0.436 e. The Morgan fingerprint density at radius 2 is 1.94 bits per heavy atom. The zero-order chi connectivity index (χ0) is 13.1. The highest BCUT2D eigenvalue weighted by Gasteiger charge is 2.08. The third-order valence-electron chi connectivity index (χ3n) is 2.71. The van der Waals surface area contributed by atoms with Crippen molar-refractivity contribution in [3.8, 4) is 0 Å². The monoisotopic (exact) mass is 261 g/mol. The number of aryl methyl sites for hydroxylation is 2. The fraction of sp³-hybridized carbons (Fsp3) is 0.286. The van der Waals surface area contributed by atoms with Crippen molar-refractivity contribution in [2.45, 2.75) is 37.3 Å². The van der Waals surface area contributed by atoms with E-state index in [1.807, 2.05) is 45.0 Å². The van der Waals surface area contributed by atoms with Gasteiger partial charge in [0.15, 0.2) is 5.78 Å². The summed E-state index contributed by atoms with van der Waals surface area (Å²) in [6, 6.07) is 7.53. The molecular formula is C14H15NO2S. The lowest BCUT2D eigenvalue weighted by Gasteiger charge is -2.00. The lowest BCUT2D eigenvalue weighted by Crippen LogP contribution is -1.95. The first-order valence-corrected chi connectivity index (χ1v) is 6.67. The van der Waals surface area contributed by atoms with Crippen molar-refractivity contribution in [3.05, 3.63) is 41.3 Å². The average Bonchev–Trinajstić information content (AvgIpc) is 2.68. The predicted octanol–water partition coefficient (Wildman–Crippen LogP) is 4.04. The number of carbonyl (C=O) groups excluding carboxylic acids is 1. The summed E-state index contributed by atoms with van der Waals surface area (Å²) < 4.78 is 5.50. The molecule has 0 saturated carbocycles. The molecule has 2 rings (SSSR count). The number of oxazole rings is 1. The summed E-state index contributed by atoms with van der Waals surface area (Å²) in [5, 5.41) is 0.638. The lowest BCUT2D eigenvalue weighted by molar-refractivity contribution is 0.0988. The zero-order valence-electron chi connectivity index (χ0n) is 10.7. The van der Waals surface area contributed by atoms with E-state index in [0.29, 0.717) is 11.6 Å². The maximum atomic E-state index is 11.5. The first kappa shape index (κ1) is 12.9. The summed E-state index contributed by atoms with van der Waals surface area (Å²) >= 11 is 1.46. The molecule has 0 aliphatic rings.